The SMILES string of the molecule is Cn1c(N2CCN(CCCCC3(OC(=O)NCC(F)(F)F)c4ccccc4Oc4ccccc43)CC2)nc2ccccc21. The van der Waals surface area contributed by atoms with E-state index in [4.69, 9.17) is 14.5 Å². The van der Waals surface area contributed by atoms with E-state index in [-0.39, 0.29) is 0 Å². The second kappa shape index (κ2) is 11.8. The Morgan fingerprint density at radius 2 is 1.56 bits per heavy atom. The number of imidazole rings is 1. The number of carbonyl (C=O) groups is 1. The number of anilines is 1. The average molecular weight is 594 g/mol. The number of halogens is 3. The van der Waals surface area contributed by atoms with Crippen LogP contribution in [-0.4, -0.2) is 66.0 Å². The van der Waals surface area contributed by atoms with Crippen molar-refractivity contribution in [3.8, 4) is 11.5 Å². The standard InChI is InChI=1S/C32H34F3N5O3/c1-38-26-13-5-4-12-25(26)37-29(38)40-20-18-39(19-21-40)17-9-8-16-31(43-30(41)36-22-32(33,34)35)23-10-2-6-14-27(23)42-28-15-7-3-11-24(28)31/h2-7,10-15H,8-9,16-22H2,1H3,(H,36,41). The summed E-state index contributed by atoms with van der Waals surface area (Å²) < 4.78 is 52.8. The molecule has 1 aromatic heterocycles. The van der Waals surface area contributed by atoms with Gasteiger partial charge in [0.25, 0.3) is 0 Å². The van der Waals surface area contributed by atoms with Crippen molar-refractivity contribution in [1.29, 1.82) is 0 Å². The summed E-state index contributed by atoms with van der Waals surface area (Å²) in [4.78, 5) is 22.4. The predicted octanol–water partition coefficient (Wildman–Crippen LogP) is 6.20. The van der Waals surface area contributed by atoms with Crippen molar-refractivity contribution in [3.05, 3.63) is 83.9 Å². The molecule has 0 saturated carbocycles. The zero-order chi connectivity index (χ0) is 30.0. The highest BCUT2D eigenvalue weighted by Crippen LogP contribution is 2.51. The summed E-state index contributed by atoms with van der Waals surface area (Å²) in [6.07, 6.45) is -3.77. The number of alkyl carbamates (subject to hydrolysis) is 1. The molecule has 8 nitrogen and oxygen atoms in total. The zero-order valence-electron chi connectivity index (χ0n) is 23.9. The Morgan fingerprint density at radius 3 is 2.21 bits per heavy atom. The molecular weight excluding hydrogens is 559 g/mol. The van der Waals surface area contributed by atoms with Gasteiger partial charge in [-0.1, -0.05) is 48.5 Å². The van der Waals surface area contributed by atoms with Crippen LogP contribution in [-0.2, 0) is 17.4 Å². The number of para-hydroxylation sites is 4. The van der Waals surface area contributed by atoms with Crippen molar-refractivity contribution in [3.63, 3.8) is 0 Å². The molecule has 3 aromatic carbocycles. The normalized spacial score (nSPS) is 16.3. The van der Waals surface area contributed by atoms with Gasteiger partial charge in [-0.05, 0) is 50.1 Å². The maximum Gasteiger partial charge on any atom is 0.408 e. The Kier molecular flexibility index (Phi) is 7.91. The molecule has 1 saturated heterocycles. The van der Waals surface area contributed by atoms with Crippen molar-refractivity contribution in [2.24, 2.45) is 7.05 Å². The van der Waals surface area contributed by atoms with Crippen LogP contribution in [0.15, 0.2) is 72.8 Å². The Bertz CT molecular complexity index is 1550. The number of carbonyl (C=O) groups excluding carboxylic acids is 1. The van der Waals surface area contributed by atoms with E-state index in [0.717, 1.165) is 56.1 Å². The van der Waals surface area contributed by atoms with Gasteiger partial charge in [-0.15, -0.1) is 0 Å². The number of fused-ring (bicyclic) bond motifs is 3. The van der Waals surface area contributed by atoms with Crippen molar-refractivity contribution in [1.82, 2.24) is 19.8 Å². The number of nitrogens with zero attached hydrogens (tertiary/aromatic N) is 4. The van der Waals surface area contributed by atoms with Gasteiger partial charge in [0.2, 0.25) is 5.95 Å². The number of piperazine rings is 1. The molecule has 43 heavy (non-hydrogen) atoms. The molecule has 2 aliphatic rings. The van der Waals surface area contributed by atoms with Gasteiger partial charge in [0.1, 0.15) is 18.0 Å². The van der Waals surface area contributed by atoms with Crippen LogP contribution in [0.1, 0.15) is 30.4 Å². The Balaban J connectivity index is 1.13. The van der Waals surface area contributed by atoms with Crippen LogP contribution in [0.25, 0.3) is 11.0 Å². The largest absolute Gasteiger partial charge is 0.456 e. The van der Waals surface area contributed by atoms with Gasteiger partial charge in [0.15, 0.2) is 5.60 Å². The van der Waals surface area contributed by atoms with Crippen molar-refractivity contribution >= 4 is 23.1 Å². The first kappa shape index (κ1) is 28.9. The highest BCUT2D eigenvalue weighted by Gasteiger charge is 2.45. The van der Waals surface area contributed by atoms with Crippen LogP contribution < -0.4 is 15.0 Å². The minimum atomic E-state index is -4.55. The number of aryl methyl sites for hydroxylation is 1. The molecule has 1 amide bonds. The Hall–Kier alpha value is -4.25. The monoisotopic (exact) mass is 593 g/mol. The van der Waals surface area contributed by atoms with Crippen LogP contribution in [0, 0.1) is 0 Å². The van der Waals surface area contributed by atoms with Crippen LogP contribution in [0.4, 0.5) is 23.9 Å². The topological polar surface area (TPSA) is 71.9 Å². The fourth-order valence-electron chi connectivity index (χ4n) is 6.14. The van der Waals surface area contributed by atoms with E-state index in [2.05, 4.69) is 20.4 Å². The highest BCUT2D eigenvalue weighted by atomic mass is 19.4. The number of ether oxygens (including phenoxy) is 2. The lowest BCUT2D eigenvalue weighted by Gasteiger charge is -2.40. The lowest BCUT2D eigenvalue weighted by atomic mass is 9.79. The molecule has 0 bridgehead atoms. The van der Waals surface area contributed by atoms with Crippen molar-refractivity contribution in [2.45, 2.75) is 31.0 Å². The predicted molar refractivity (Wildman–Crippen MR) is 157 cm³/mol. The molecule has 0 spiro atoms. The van der Waals surface area contributed by atoms with Gasteiger partial charge in [-0.25, -0.2) is 9.78 Å². The Labute approximate surface area is 248 Å². The maximum atomic E-state index is 12.9. The second-order valence-corrected chi connectivity index (χ2v) is 11.0. The molecule has 6 rings (SSSR count). The second-order valence-electron chi connectivity index (χ2n) is 11.0. The summed E-state index contributed by atoms with van der Waals surface area (Å²) >= 11 is 0. The number of nitrogens with one attached hydrogen (secondary N) is 1. The molecule has 1 fully saturated rings. The number of hydrogen-bond donors (Lipinski definition) is 1. The number of unbranched alkanes of at least 4 members (excludes halogenated alkanes) is 1. The molecule has 2 aliphatic heterocycles. The highest BCUT2D eigenvalue weighted by molar-refractivity contribution is 5.78. The number of aromatic nitrogens is 2. The van der Waals surface area contributed by atoms with E-state index in [0.29, 0.717) is 35.5 Å². The number of rotatable bonds is 8. The first-order chi connectivity index (χ1) is 20.7. The molecule has 0 aliphatic carbocycles. The number of amides is 1. The first-order valence-electron chi connectivity index (χ1n) is 14.5. The summed E-state index contributed by atoms with van der Waals surface area (Å²) in [7, 11) is 2.05. The fourth-order valence-corrected chi connectivity index (χ4v) is 6.14. The number of hydrogen-bond acceptors (Lipinski definition) is 6. The molecule has 226 valence electrons. The summed E-state index contributed by atoms with van der Waals surface area (Å²) in [5, 5.41) is 1.88. The van der Waals surface area contributed by atoms with E-state index < -0.39 is 24.4 Å². The van der Waals surface area contributed by atoms with Gasteiger partial charge in [-0.3, -0.25) is 4.90 Å². The molecule has 3 heterocycles. The first-order valence-corrected chi connectivity index (χ1v) is 14.5. The zero-order valence-corrected chi connectivity index (χ0v) is 23.9. The quantitative estimate of drug-likeness (QED) is 0.245. The lowest BCUT2D eigenvalue weighted by Crippen LogP contribution is -2.47. The summed E-state index contributed by atoms with van der Waals surface area (Å²) in [6, 6.07) is 22.6. The van der Waals surface area contributed by atoms with Gasteiger partial charge in [-0.2, -0.15) is 13.2 Å². The smallest absolute Gasteiger partial charge is 0.408 e. The van der Waals surface area contributed by atoms with Crippen LogP contribution in [0.5, 0.6) is 11.5 Å². The van der Waals surface area contributed by atoms with E-state index in [1.54, 1.807) is 12.1 Å². The van der Waals surface area contributed by atoms with E-state index in [1.165, 1.54) is 0 Å². The minimum Gasteiger partial charge on any atom is -0.456 e. The molecule has 0 unspecified atom stereocenters. The number of alkyl halides is 3. The minimum absolute atomic E-state index is 0.393. The molecule has 4 aromatic rings. The van der Waals surface area contributed by atoms with E-state index >= 15 is 0 Å². The van der Waals surface area contributed by atoms with Gasteiger partial charge >= 0.3 is 12.3 Å². The summed E-state index contributed by atoms with van der Waals surface area (Å²) in [5.74, 6) is 2.01. The molecule has 0 atom stereocenters. The van der Waals surface area contributed by atoms with Crippen molar-refractivity contribution < 1.29 is 27.4 Å². The molecular formula is C32H34F3N5O3. The number of benzene rings is 3. The molecule has 11 heteroatoms. The van der Waals surface area contributed by atoms with Gasteiger partial charge < -0.3 is 24.3 Å². The average Bonchev–Trinajstić information content (AvgIpc) is 3.34. The summed E-state index contributed by atoms with van der Waals surface area (Å²) in [5.41, 5.74) is 2.04. The third-order valence-electron chi connectivity index (χ3n) is 8.24. The Morgan fingerprint density at radius 1 is 0.930 bits per heavy atom. The summed E-state index contributed by atoms with van der Waals surface area (Å²) in [6.45, 7) is 2.90. The maximum absolute atomic E-state index is 12.9. The van der Waals surface area contributed by atoms with E-state index in [9.17, 15) is 18.0 Å². The van der Waals surface area contributed by atoms with Crippen LogP contribution in [0.2, 0.25) is 0 Å². The van der Waals surface area contributed by atoms with E-state index in [1.807, 2.05) is 67.0 Å². The molecule has 0 radical (unpaired) electrons. The van der Waals surface area contributed by atoms with Crippen LogP contribution in [0.3, 0.4) is 0 Å². The lowest BCUT2D eigenvalue weighted by molar-refractivity contribution is -0.124. The third-order valence-corrected chi connectivity index (χ3v) is 8.24. The molecule has 1 N–H and O–H groups in total. The third kappa shape index (κ3) is 5.99. The van der Waals surface area contributed by atoms with Crippen molar-refractivity contribution in [2.75, 3.05) is 44.2 Å². The van der Waals surface area contributed by atoms with Crippen LogP contribution >= 0.6 is 0 Å². The van der Waals surface area contributed by atoms with Gasteiger partial charge in [0, 0.05) is 44.4 Å². The van der Waals surface area contributed by atoms with Gasteiger partial charge in [0.05, 0.1) is 11.0 Å². The fraction of sp³-hybridized carbons (Fsp3) is 0.375.